The fourth-order valence-corrected chi connectivity index (χ4v) is 1.95. The molecule has 118 valence electrons. The maximum absolute atomic E-state index is 10.4. The van der Waals surface area contributed by atoms with Gasteiger partial charge in [0.15, 0.2) is 6.19 Å². The molecule has 0 spiro atoms. The maximum Gasteiger partial charge on any atom is 0.303 e. The predicted octanol–water partition coefficient (Wildman–Crippen LogP) is 2.32. The van der Waals surface area contributed by atoms with Crippen LogP contribution in [-0.4, -0.2) is 28.6 Å². The van der Waals surface area contributed by atoms with E-state index in [9.17, 15) is 4.79 Å². The summed E-state index contributed by atoms with van der Waals surface area (Å²) in [4.78, 5) is 15.4. The molecule has 1 aromatic rings. The Kier molecular flexibility index (Phi) is 8.05. The van der Waals surface area contributed by atoms with Crippen molar-refractivity contribution in [2.45, 2.75) is 38.5 Å². The number of anilines is 1. The molecule has 3 N–H and O–H groups in total. The third-order valence-corrected chi connectivity index (χ3v) is 3.10. The molecular formula is C15H21N5O2. The van der Waals surface area contributed by atoms with E-state index < -0.39 is 5.97 Å². The molecule has 7 nitrogen and oxygen atoms in total. The molecule has 0 saturated heterocycles. The SMILES string of the molecule is N#CN(C(=N)NCCCCCCCC(=O)O)c1ccncc1. The van der Waals surface area contributed by atoms with Crippen molar-refractivity contribution in [3.8, 4) is 6.19 Å². The zero-order valence-electron chi connectivity index (χ0n) is 12.5. The van der Waals surface area contributed by atoms with Gasteiger partial charge in [0, 0.05) is 25.4 Å². The first kappa shape index (κ1) is 17.4. The van der Waals surface area contributed by atoms with Gasteiger partial charge in [0.25, 0.3) is 0 Å². The third kappa shape index (κ3) is 6.70. The average molecular weight is 303 g/mol. The number of rotatable bonds is 9. The second kappa shape index (κ2) is 10.2. The van der Waals surface area contributed by atoms with Gasteiger partial charge < -0.3 is 10.4 Å². The van der Waals surface area contributed by atoms with Crippen molar-refractivity contribution in [3.05, 3.63) is 24.5 Å². The quantitative estimate of drug-likeness (QED) is 0.212. The minimum Gasteiger partial charge on any atom is -0.481 e. The fraction of sp³-hybridized carbons (Fsp3) is 0.467. The number of nitriles is 1. The van der Waals surface area contributed by atoms with Gasteiger partial charge in [-0.2, -0.15) is 5.26 Å². The van der Waals surface area contributed by atoms with Crippen LogP contribution in [0.3, 0.4) is 0 Å². The third-order valence-electron chi connectivity index (χ3n) is 3.10. The number of pyridine rings is 1. The Morgan fingerprint density at radius 1 is 1.27 bits per heavy atom. The first-order valence-electron chi connectivity index (χ1n) is 7.29. The Bertz CT molecular complexity index is 512. The van der Waals surface area contributed by atoms with E-state index in [1.165, 1.54) is 4.90 Å². The lowest BCUT2D eigenvalue weighted by Gasteiger charge is -2.17. The number of carbonyl (C=O) groups is 1. The summed E-state index contributed by atoms with van der Waals surface area (Å²) in [6.45, 7) is 0.612. The lowest BCUT2D eigenvalue weighted by atomic mass is 10.1. The lowest BCUT2D eigenvalue weighted by Crippen LogP contribution is -2.38. The standard InChI is InChI=1S/C15H21N5O2/c16-12-20(13-7-10-18-11-8-13)15(17)19-9-5-3-1-2-4-6-14(21)22/h7-8,10-11H,1-6,9H2,(H2,17,19)(H,21,22). The molecule has 0 saturated carbocycles. The maximum atomic E-state index is 10.4. The Hall–Kier alpha value is -2.62. The monoisotopic (exact) mass is 303 g/mol. The van der Waals surface area contributed by atoms with E-state index in [0.717, 1.165) is 25.7 Å². The molecule has 0 aliphatic carbocycles. The molecule has 1 aromatic heterocycles. The van der Waals surface area contributed by atoms with E-state index in [1.807, 2.05) is 6.19 Å². The average Bonchev–Trinajstić information content (AvgIpc) is 2.51. The predicted molar refractivity (Wildman–Crippen MR) is 83.4 cm³/mol. The van der Waals surface area contributed by atoms with Crippen LogP contribution < -0.4 is 10.2 Å². The van der Waals surface area contributed by atoms with Gasteiger partial charge >= 0.3 is 5.97 Å². The number of aromatic nitrogens is 1. The molecule has 7 heteroatoms. The lowest BCUT2D eigenvalue weighted by molar-refractivity contribution is -0.137. The van der Waals surface area contributed by atoms with Crippen molar-refractivity contribution in [1.29, 1.82) is 10.7 Å². The van der Waals surface area contributed by atoms with Crippen LogP contribution in [0.2, 0.25) is 0 Å². The summed E-state index contributed by atoms with van der Waals surface area (Å²) in [6, 6.07) is 3.34. The number of carboxylic acids is 1. The summed E-state index contributed by atoms with van der Waals surface area (Å²) >= 11 is 0. The fourth-order valence-electron chi connectivity index (χ4n) is 1.95. The summed E-state index contributed by atoms with van der Waals surface area (Å²) in [5.41, 5.74) is 0.601. The first-order valence-corrected chi connectivity index (χ1v) is 7.29. The van der Waals surface area contributed by atoms with Crippen molar-refractivity contribution in [2.24, 2.45) is 0 Å². The molecule has 1 rings (SSSR count). The van der Waals surface area contributed by atoms with E-state index in [4.69, 9.17) is 15.8 Å². The number of carboxylic acid groups (broad SMARTS) is 1. The summed E-state index contributed by atoms with van der Waals surface area (Å²) in [5.74, 6) is -0.706. The highest BCUT2D eigenvalue weighted by Gasteiger charge is 2.10. The topological polar surface area (TPSA) is 113 Å². The van der Waals surface area contributed by atoms with Crippen molar-refractivity contribution < 1.29 is 9.90 Å². The normalized spacial score (nSPS) is 9.77. The van der Waals surface area contributed by atoms with Gasteiger partial charge in [-0.1, -0.05) is 19.3 Å². The number of aliphatic carboxylic acids is 1. The Balaban J connectivity index is 2.18. The van der Waals surface area contributed by atoms with Crippen molar-refractivity contribution >= 4 is 17.6 Å². The number of nitrogens with zero attached hydrogens (tertiary/aromatic N) is 3. The molecular weight excluding hydrogens is 282 g/mol. The van der Waals surface area contributed by atoms with Crippen molar-refractivity contribution in [1.82, 2.24) is 10.3 Å². The molecule has 0 bridgehead atoms. The van der Waals surface area contributed by atoms with Crippen molar-refractivity contribution in [2.75, 3.05) is 11.4 Å². The molecule has 1 heterocycles. The van der Waals surface area contributed by atoms with Crippen LogP contribution in [0.5, 0.6) is 0 Å². The van der Waals surface area contributed by atoms with Gasteiger partial charge in [-0.05, 0) is 25.0 Å². The largest absolute Gasteiger partial charge is 0.481 e. The highest BCUT2D eigenvalue weighted by Crippen LogP contribution is 2.10. The Labute approximate surface area is 130 Å². The van der Waals surface area contributed by atoms with Crippen LogP contribution in [0.25, 0.3) is 0 Å². The van der Waals surface area contributed by atoms with E-state index in [1.54, 1.807) is 24.5 Å². The second-order valence-corrected chi connectivity index (χ2v) is 4.83. The molecule has 22 heavy (non-hydrogen) atoms. The van der Waals surface area contributed by atoms with E-state index in [-0.39, 0.29) is 12.4 Å². The van der Waals surface area contributed by atoms with Crippen LogP contribution in [0, 0.1) is 16.9 Å². The summed E-state index contributed by atoms with van der Waals surface area (Å²) in [7, 11) is 0. The van der Waals surface area contributed by atoms with Gasteiger partial charge in [0.05, 0.1) is 5.69 Å². The second-order valence-electron chi connectivity index (χ2n) is 4.83. The molecule has 0 fully saturated rings. The van der Waals surface area contributed by atoms with Crippen LogP contribution in [-0.2, 0) is 4.79 Å². The van der Waals surface area contributed by atoms with Crippen LogP contribution in [0.1, 0.15) is 38.5 Å². The summed E-state index contributed by atoms with van der Waals surface area (Å²) in [5, 5.41) is 28.4. The molecule has 0 aromatic carbocycles. The van der Waals surface area contributed by atoms with Gasteiger partial charge in [-0.25, -0.2) is 4.90 Å². The number of unbranched alkanes of at least 4 members (excludes halogenated alkanes) is 4. The molecule has 0 aliphatic rings. The van der Waals surface area contributed by atoms with Gasteiger partial charge in [0.2, 0.25) is 5.96 Å². The smallest absolute Gasteiger partial charge is 0.303 e. The zero-order valence-corrected chi connectivity index (χ0v) is 12.5. The zero-order chi connectivity index (χ0) is 16.2. The van der Waals surface area contributed by atoms with Gasteiger partial charge in [-0.15, -0.1) is 0 Å². The molecule has 0 unspecified atom stereocenters. The molecule has 0 aliphatic heterocycles. The highest BCUT2D eigenvalue weighted by molar-refractivity contribution is 5.96. The van der Waals surface area contributed by atoms with E-state index in [2.05, 4.69) is 10.3 Å². The Morgan fingerprint density at radius 2 is 1.91 bits per heavy atom. The van der Waals surface area contributed by atoms with Crippen LogP contribution in [0.15, 0.2) is 24.5 Å². The molecule has 0 atom stereocenters. The van der Waals surface area contributed by atoms with Crippen LogP contribution in [0.4, 0.5) is 5.69 Å². The van der Waals surface area contributed by atoms with E-state index >= 15 is 0 Å². The molecule has 0 radical (unpaired) electrons. The van der Waals surface area contributed by atoms with Gasteiger partial charge in [0.1, 0.15) is 0 Å². The van der Waals surface area contributed by atoms with Crippen LogP contribution >= 0.6 is 0 Å². The minimum atomic E-state index is -0.747. The van der Waals surface area contributed by atoms with E-state index in [0.29, 0.717) is 18.7 Å². The minimum absolute atomic E-state index is 0.0413. The number of hydrogen-bond donors (Lipinski definition) is 3. The summed E-state index contributed by atoms with van der Waals surface area (Å²) in [6.07, 6.45) is 9.79. The Morgan fingerprint density at radius 3 is 2.55 bits per heavy atom. The number of guanidine groups is 1. The first-order chi connectivity index (χ1) is 10.6. The number of hydrogen-bond acceptors (Lipinski definition) is 4. The summed E-state index contributed by atoms with van der Waals surface area (Å²) < 4.78 is 0. The van der Waals surface area contributed by atoms with Gasteiger partial charge in [-0.3, -0.25) is 15.2 Å². The highest BCUT2D eigenvalue weighted by atomic mass is 16.4. The molecule has 0 amide bonds. The van der Waals surface area contributed by atoms with Crippen molar-refractivity contribution in [3.63, 3.8) is 0 Å². The number of nitrogens with one attached hydrogen (secondary N) is 2.